The molecule has 0 aromatic heterocycles. The molecule has 7 rings (SSSR count). The number of aliphatic carboxylic acids is 2. The summed E-state index contributed by atoms with van der Waals surface area (Å²) in [4.78, 5) is 113. The zero-order chi connectivity index (χ0) is 73.5. The first-order chi connectivity index (χ1) is 44.5. The summed E-state index contributed by atoms with van der Waals surface area (Å²) in [6, 6.07) is 27.4. The highest BCUT2D eigenvalue weighted by atomic mass is 35.5. The van der Waals surface area contributed by atoms with Crippen molar-refractivity contribution in [1.82, 2.24) is 10.6 Å². The molecular formula is C78H143Cl3N4O14-38. The summed E-state index contributed by atoms with van der Waals surface area (Å²) in [5.41, 5.74) is 2.08. The number of anilines is 2. The molecule has 0 radical (unpaired) electrons. The number of methoxy groups -OCH3 is 1. The quantitative estimate of drug-likeness (QED) is 0.0427. The van der Waals surface area contributed by atoms with Crippen LogP contribution in [0.2, 0.25) is 15.1 Å². The van der Waals surface area contributed by atoms with Crippen molar-refractivity contribution < 1.29 is 122 Å². The predicted molar refractivity (Wildman–Crippen MR) is 436 cm³/mol. The molecule has 618 valence electrons. The Balaban J connectivity index is -0.0000000305. The summed E-state index contributed by atoms with van der Waals surface area (Å²) in [6.45, 7) is 34.8. The molecule has 99 heavy (non-hydrogen) atoms. The van der Waals surface area contributed by atoms with E-state index in [1.165, 1.54) is 7.11 Å². The van der Waals surface area contributed by atoms with Gasteiger partial charge in [-0.3, -0.25) is 28.8 Å². The van der Waals surface area contributed by atoms with Crippen LogP contribution in [0.1, 0.15) is 278 Å². The van der Waals surface area contributed by atoms with Crippen molar-refractivity contribution in [2.45, 2.75) is 212 Å². The van der Waals surface area contributed by atoms with Gasteiger partial charge in [-0.15, -0.1) is 0 Å². The molecule has 2 saturated carbocycles. The Hall–Kier alpha value is -7.80. The molecule has 2 aliphatic rings. The van der Waals surface area contributed by atoms with Crippen LogP contribution in [0, 0.1) is 33.5 Å². The van der Waals surface area contributed by atoms with E-state index >= 15 is 0 Å². The van der Waals surface area contributed by atoms with E-state index < -0.39 is 81.0 Å². The Morgan fingerprint density at radius 2 is 0.838 bits per heavy atom. The summed E-state index contributed by atoms with van der Waals surface area (Å²) < 4.78 is 10.7. The third-order valence-corrected chi connectivity index (χ3v) is 20.3. The maximum Gasteiger partial charge on any atom is 0.337 e. The Bertz CT molecular complexity index is 3880. The van der Waals surface area contributed by atoms with Crippen LogP contribution >= 0.6 is 34.8 Å². The smallest absolute Gasteiger partial charge is 0.337 e. The van der Waals surface area contributed by atoms with Crippen molar-refractivity contribution in [3.63, 3.8) is 0 Å². The van der Waals surface area contributed by atoms with Gasteiger partial charge < -0.3 is 100 Å². The molecule has 2 fully saturated rings. The Labute approximate surface area is 657 Å². The maximum atomic E-state index is 13.6. The van der Waals surface area contributed by atoms with E-state index in [0.29, 0.717) is 68.8 Å². The van der Waals surface area contributed by atoms with Crippen molar-refractivity contribution in [2.24, 2.45) is 33.5 Å². The number of rotatable bonds is 17. The van der Waals surface area contributed by atoms with Crippen LogP contribution in [0.3, 0.4) is 0 Å². The first kappa shape index (κ1) is 85.4. The van der Waals surface area contributed by atoms with Gasteiger partial charge in [0.2, 0.25) is 11.8 Å². The number of carboxylic acids is 3. The van der Waals surface area contributed by atoms with Gasteiger partial charge >= 0.3 is 29.8 Å². The van der Waals surface area contributed by atoms with E-state index in [-0.39, 0.29) is 127 Å². The Kier molecular flexibility index (Phi) is 28.6. The van der Waals surface area contributed by atoms with Crippen LogP contribution in [0.5, 0.6) is 0 Å². The van der Waals surface area contributed by atoms with E-state index in [1.807, 2.05) is 59.7 Å². The monoisotopic (exact) mass is 1460 g/mol. The lowest BCUT2D eigenvalue weighted by Gasteiger charge is -2.40. The number of carbonyl (C=O) groups excluding carboxylic acids is 6. The highest BCUT2D eigenvalue weighted by molar-refractivity contribution is 6.35. The van der Waals surface area contributed by atoms with E-state index in [4.69, 9.17) is 49.4 Å². The third kappa shape index (κ3) is 21.1. The normalized spacial score (nSPS) is 19.0. The van der Waals surface area contributed by atoms with Crippen molar-refractivity contribution in [3.8, 4) is 0 Å². The van der Waals surface area contributed by atoms with Gasteiger partial charge in [-0.25, -0.2) is 14.4 Å². The van der Waals surface area contributed by atoms with Crippen LogP contribution in [0.4, 0.5) is 11.4 Å². The lowest BCUT2D eigenvalue weighted by Crippen LogP contribution is -2.51. The minimum absolute atomic E-state index is 0. The Morgan fingerprint density at radius 1 is 0.505 bits per heavy atom. The molecule has 21 heteroatoms. The molecule has 0 bridgehead atoms. The summed E-state index contributed by atoms with van der Waals surface area (Å²) in [5.74, 6) is -6.64. The first-order valence-corrected chi connectivity index (χ1v) is 33.4. The van der Waals surface area contributed by atoms with Gasteiger partial charge in [0.1, 0.15) is 17.7 Å². The lowest BCUT2D eigenvalue weighted by atomic mass is 9.65. The van der Waals surface area contributed by atoms with Crippen LogP contribution in [0.15, 0.2) is 103 Å². The number of esters is 2. The molecule has 0 spiro atoms. The molecule has 2 aliphatic carbocycles. The number of aromatic carboxylic acids is 1. The van der Waals surface area contributed by atoms with Crippen molar-refractivity contribution in [2.75, 3.05) is 17.7 Å². The first-order valence-electron chi connectivity index (χ1n) is 32.3. The van der Waals surface area contributed by atoms with Crippen LogP contribution in [0.25, 0.3) is 0 Å². The Morgan fingerprint density at radius 3 is 1.14 bits per heavy atom. The summed E-state index contributed by atoms with van der Waals surface area (Å²) in [7, 11) is 1.28. The van der Waals surface area contributed by atoms with Gasteiger partial charge in [0.25, 0.3) is 11.8 Å². The second-order valence-corrected chi connectivity index (χ2v) is 32.2. The standard InChI is InChI=1S/C35H47ClN2O6.C30H37ClN2O6.C11H13ClO2.2CH4.38H/c1-32(2,3)22-13-16-24(26(36)20-22)28(39)37-23-14-11-21(12-15-23)19-27(30(41)43-10)38-29(40)25-17-18-35(9,34(25,7)8)31(42)44-33(4,5)6;1-28(2,3)18-9-12-20(22(31)16-18)24(34)32-19-10-7-17(8-11-19)15-23(26(36)37)33-25(35)21-13-14-30(6,27(38)39)29(21,4)5;1-11(2,3)7-4-5-8(10(13)14)9(12)6-7;;;;;;;;;;;;;;;;;;;;;;;;;;;;;;;;;;;;;;;;/h11-16,20,25,27H,17-19H2,1-10H3,(H,37,39)(H,38,40);7-12,16,21,23H,13-15H2,1-6H3,(H,32,34)(H,33,35)(H,36,37)(H,38,39);4-6H,1-3H3,(H,13,14);2*1H4;;;;;;;;;;;;;;;;;;;;;;;;;;;;;;;;;;;;;;/q;;;;;38*-1/t25?,27-,35-;21?,23-,30-;;;;;;;;;;;;;;;;;;;;;;;;;;;;;;;;;;;;;;;;;/m00........................................./s1. The zero-order valence-corrected chi connectivity index (χ0v) is 61.6. The molecular weight excluding hydrogens is 1320 g/mol. The number of halogens is 3. The minimum Gasteiger partial charge on any atom is -1.00 e. The average molecular weight is 1470 g/mol. The van der Waals surface area contributed by atoms with E-state index in [9.17, 15) is 53.4 Å². The third-order valence-electron chi connectivity index (χ3n) is 19.4. The molecule has 4 amide bonds. The van der Waals surface area contributed by atoms with Crippen molar-refractivity contribution in [3.05, 3.63) is 163 Å². The van der Waals surface area contributed by atoms with Gasteiger partial charge in [-0.05, 0) is 176 Å². The second kappa shape index (κ2) is 33.1. The number of nitrogens with one attached hydrogen (secondary N) is 4. The fourth-order valence-corrected chi connectivity index (χ4v) is 12.7. The van der Waals surface area contributed by atoms with Crippen LogP contribution < -0.4 is 21.3 Å². The molecule has 7 N–H and O–H groups in total. The number of amides is 4. The molecule has 0 heterocycles. The number of benzene rings is 5. The van der Waals surface area contributed by atoms with Crippen molar-refractivity contribution in [1.29, 1.82) is 0 Å². The lowest BCUT2D eigenvalue weighted by molar-refractivity contribution is -0.173. The van der Waals surface area contributed by atoms with Gasteiger partial charge in [0.05, 0.1) is 49.7 Å². The largest absolute Gasteiger partial charge is 1.00 e. The number of carboxylic acid groups (broad SMARTS) is 3. The number of hydrogen-bond acceptors (Lipinski definition) is 11. The van der Waals surface area contributed by atoms with E-state index in [0.717, 1.165) is 22.3 Å². The molecule has 2 unspecified atom stereocenters. The summed E-state index contributed by atoms with van der Waals surface area (Å²) in [6.07, 6.45) is 1.90. The minimum atomic E-state index is -1.19. The highest BCUT2D eigenvalue weighted by Crippen LogP contribution is 2.58. The van der Waals surface area contributed by atoms with Gasteiger partial charge in [-0.1, -0.05) is 182 Å². The second-order valence-electron chi connectivity index (χ2n) is 30.9. The summed E-state index contributed by atoms with van der Waals surface area (Å²) in [5, 5.41) is 40.4. The fourth-order valence-electron chi connectivity index (χ4n) is 11.9. The number of hydrogen-bond donors (Lipinski definition) is 7. The van der Waals surface area contributed by atoms with E-state index in [2.05, 4.69) is 83.6 Å². The average Bonchev–Trinajstić information content (AvgIpc) is 1.60. The molecule has 5 aromatic carbocycles. The predicted octanol–water partition coefficient (Wildman–Crippen LogP) is 21.3. The zero-order valence-electron chi connectivity index (χ0n) is 97.3. The van der Waals surface area contributed by atoms with Crippen LogP contribution in [-0.2, 0) is 67.3 Å². The van der Waals surface area contributed by atoms with Gasteiger partial charge in [-0.2, -0.15) is 0 Å². The number of ether oxygens (including phenoxy) is 2. The molecule has 0 aliphatic heterocycles. The molecule has 18 nitrogen and oxygen atoms in total. The van der Waals surface area contributed by atoms with E-state index in [1.54, 1.807) is 106 Å². The maximum absolute atomic E-state index is 13.6. The fraction of sp³-hybridized carbons (Fsp3) is 0.500. The number of carbonyl (C=O) groups is 9. The van der Waals surface area contributed by atoms with Gasteiger partial charge in [0.15, 0.2) is 0 Å². The topological polar surface area (TPSA) is 281 Å². The molecule has 6 atom stereocenters. The van der Waals surface area contributed by atoms with Gasteiger partial charge in [0, 0.05) is 36.1 Å². The molecule has 0 saturated heterocycles. The highest BCUT2D eigenvalue weighted by Gasteiger charge is 2.60. The SMILES string of the molecule is C.C.CC(C)(C)c1ccc(C(=O)Nc2ccc(C[C@H](NC(=O)C3CC[C@@](C)(C(=O)O)C3(C)C)C(=O)O)cc2)c(Cl)c1.CC(C)(C)c1ccc(C(=O)O)c(Cl)c1.COC(=O)[C@H](Cc1ccc(NC(=O)c2ccc(C(C)(C)C)cc2Cl)cc1)NC(=O)C1CC[C@@](C)(C(=O)OC(C)(C)C)C1(C)C.[H-].[H-].[H-].[H-].[H-].[H-].[H-].[H-].[H-].[H-].[H-].[H-].[H-].[H-].[H-].[H-].[H-].[H-].[H-].[H-].[H-].[H-].[H-].[H-].[H-].[H-].[H-].[H-].[H-].[H-].[H-].[H-].[H-].[H-].[H-].[H-].[H-].[H-]. The summed E-state index contributed by atoms with van der Waals surface area (Å²) >= 11 is 18.6. The van der Waals surface area contributed by atoms with Crippen LogP contribution in [-0.4, -0.2) is 93.6 Å². The van der Waals surface area contributed by atoms with Crippen molar-refractivity contribution >= 4 is 99.7 Å². The molecule has 5 aromatic rings.